The molecule has 0 fully saturated rings. The Bertz CT molecular complexity index is 364. The molecule has 3 N–H and O–H groups in total. The summed E-state index contributed by atoms with van der Waals surface area (Å²) in [5, 5.41) is 2.83. The maximum absolute atomic E-state index is 11.7. The molecule has 0 bridgehead atoms. The van der Waals surface area contributed by atoms with Gasteiger partial charge in [-0.3, -0.25) is 4.79 Å². The number of rotatable bonds is 6. The molecule has 0 aliphatic heterocycles. The zero-order chi connectivity index (χ0) is 12.7. The predicted molar refractivity (Wildman–Crippen MR) is 68.9 cm³/mol. The van der Waals surface area contributed by atoms with Crippen molar-refractivity contribution < 1.29 is 9.53 Å². The van der Waals surface area contributed by atoms with E-state index in [4.69, 9.17) is 10.5 Å². The molecule has 0 aromatic heterocycles. The largest absolute Gasteiger partial charge is 0.399 e. The second-order valence-corrected chi connectivity index (χ2v) is 4.15. The first-order chi connectivity index (χ1) is 8.09. The van der Waals surface area contributed by atoms with Crippen LogP contribution in [0.25, 0.3) is 0 Å². The molecule has 94 valence electrons. The number of benzene rings is 1. The lowest BCUT2D eigenvalue weighted by atomic mass is 10.2. The topological polar surface area (TPSA) is 64.3 Å². The van der Waals surface area contributed by atoms with Crippen LogP contribution in [0.3, 0.4) is 0 Å². The first-order valence-corrected chi connectivity index (χ1v) is 5.85. The number of hydrogen-bond donors (Lipinski definition) is 2. The van der Waals surface area contributed by atoms with E-state index in [0.717, 1.165) is 6.42 Å². The lowest BCUT2D eigenvalue weighted by Crippen LogP contribution is -2.25. The summed E-state index contributed by atoms with van der Waals surface area (Å²) in [4.78, 5) is 11.7. The standard InChI is InChI=1S/C13H20N2O2/c1-10(2)17-8-4-7-15-13(16)11-5-3-6-12(14)9-11/h3,5-6,9-10H,4,7-8,14H2,1-2H3,(H,15,16). The van der Waals surface area contributed by atoms with Gasteiger partial charge in [0.1, 0.15) is 0 Å². The molecule has 0 unspecified atom stereocenters. The molecule has 4 heteroatoms. The van der Waals surface area contributed by atoms with E-state index in [1.165, 1.54) is 0 Å². The molecule has 4 nitrogen and oxygen atoms in total. The molecule has 1 rings (SSSR count). The Kier molecular flexibility index (Phi) is 5.49. The summed E-state index contributed by atoms with van der Waals surface area (Å²) >= 11 is 0. The van der Waals surface area contributed by atoms with Crippen molar-refractivity contribution >= 4 is 11.6 Å². The molecular formula is C13H20N2O2. The average molecular weight is 236 g/mol. The van der Waals surface area contributed by atoms with E-state index in [1.807, 2.05) is 13.8 Å². The Labute approximate surface area is 102 Å². The van der Waals surface area contributed by atoms with Gasteiger partial charge in [-0.2, -0.15) is 0 Å². The zero-order valence-corrected chi connectivity index (χ0v) is 10.4. The van der Waals surface area contributed by atoms with Gasteiger partial charge < -0.3 is 15.8 Å². The summed E-state index contributed by atoms with van der Waals surface area (Å²) in [6.07, 6.45) is 1.05. The molecule has 0 saturated heterocycles. The molecule has 1 aromatic rings. The van der Waals surface area contributed by atoms with Crippen molar-refractivity contribution in [3.63, 3.8) is 0 Å². The van der Waals surface area contributed by atoms with Gasteiger partial charge in [0.2, 0.25) is 0 Å². The number of ether oxygens (including phenoxy) is 1. The van der Waals surface area contributed by atoms with Crippen molar-refractivity contribution in [1.29, 1.82) is 0 Å². The molecule has 0 atom stereocenters. The second kappa shape index (κ2) is 6.91. The van der Waals surface area contributed by atoms with Crippen molar-refractivity contribution in [2.75, 3.05) is 18.9 Å². The lowest BCUT2D eigenvalue weighted by Gasteiger charge is -2.08. The van der Waals surface area contributed by atoms with Gasteiger partial charge in [0.05, 0.1) is 6.10 Å². The number of nitrogen functional groups attached to an aromatic ring is 1. The van der Waals surface area contributed by atoms with Crippen LogP contribution in [0.15, 0.2) is 24.3 Å². The average Bonchev–Trinajstić information content (AvgIpc) is 2.28. The highest BCUT2D eigenvalue weighted by molar-refractivity contribution is 5.94. The van der Waals surface area contributed by atoms with Crippen LogP contribution in [0, 0.1) is 0 Å². The molecule has 0 spiro atoms. The van der Waals surface area contributed by atoms with Crippen molar-refractivity contribution in [2.24, 2.45) is 0 Å². The Morgan fingerprint density at radius 3 is 2.88 bits per heavy atom. The third-order valence-electron chi connectivity index (χ3n) is 2.21. The lowest BCUT2D eigenvalue weighted by molar-refractivity contribution is 0.0757. The molecule has 1 aromatic carbocycles. The maximum atomic E-state index is 11.7. The fraction of sp³-hybridized carbons (Fsp3) is 0.462. The number of nitrogens with one attached hydrogen (secondary N) is 1. The molecule has 0 heterocycles. The fourth-order valence-corrected chi connectivity index (χ4v) is 1.38. The van der Waals surface area contributed by atoms with Crippen LogP contribution in [0.5, 0.6) is 0 Å². The second-order valence-electron chi connectivity index (χ2n) is 4.15. The van der Waals surface area contributed by atoms with Crippen LogP contribution in [0.2, 0.25) is 0 Å². The van der Waals surface area contributed by atoms with Crippen molar-refractivity contribution in [3.05, 3.63) is 29.8 Å². The van der Waals surface area contributed by atoms with Crippen molar-refractivity contribution in [2.45, 2.75) is 26.4 Å². The van der Waals surface area contributed by atoms with E-state index in [1.54, 1.807) is 24.3 Å². The quantitative estimate of drug-likeness (QED) is 0.585. The molecular weight excluding hydrogens is 216 g/mol. The number of nitrogens with two attached hydrogens (primary N) is 1. The van der Waals surface area contributed by atoms with Gasteiger partial charge in [-0.1, -0.05) is 6.07 Å². The maximum Gasteiger partial charge on any atom is 0.251 e. The van der Waals surface area contributed by atoms with Gasteiger partial charge in [0.15, 0.2) is 0 Å². The van der Waals surface area contributed by atoms with Crippen LogP contribution in [0.1, 0.15) is 30.6 Å². The molecule has 17 heavy (non-hydrogen) atoms. The highest BCUT2D eigenvalue weighted by atomic mass is 16.5. The smallest absolute Gasteiger partial charge is 0.251 e. The number of amides is 1. The number of carbonyl (C=O) groups excluding carboxylic acids is 1. The summed E-state index contributed by atoms with van der Waals surface area (Å²) in [6, 6.07) is 6.94. The Balaban J connectivity index is 2.26. The molecule has 0 aliphatic rings. The SMILES string of the molecule is CC(C)OCCCNC(=O)c1cccc(N)c1. The van der Waals surface area contributed by atoms with Crippen LogP contribution >= 0.6 is 0 Å². The van der Waals surface area contributed by atoms with E-state index in [2.05, 4.69) is 5.32 Å². The van der Waals surface area contributed by atoms with Crippen LogP contribution < -0.4 is 11.1 Å². The molecule has 0 aliphatic carbocycles. The van der Waals surface area contributed by atoms with E-state index in [-0.39, 0.29) is 12.0 Å². The summed E-state index contributed by atoms with van der Waals surface area (Å²) in [6.45, 7) is 5.26. The zero-order valence-electron chi connectivity index (χ0n) is 10.4. The Hall–Kier alpha value is -1.55. The number of anilines is 1. The number of hydrogen-bond acceptors (Lipinski definition) is 3. The highest BCUT2D eigenvalue weighted by Crippen LogP contribution is 2.05. The summed E-state index contributed by atoms with van der Waals surface area (Å²) in [5.74, 6) is -0.0955. The number of carbonyl (C=O) groups is 1. The first kappa shape index (κ1) is 13.5. The monoisotopic (exact) mass is 236 g/mol. The predicted octanol–water partition coefficient (Wildman–Crippen LogP) is 1.81. The highest BCUT2D eigenvalue weighted by Gasteiger charge is 2.04. The van der Waals surface area contributed by atoms with Crippen molar-refractivity contribution in [3.8, 4) is 0 Å². The van der Waals surface area contributed by atoms with Gasteiger partial charge >= 0.3 is 0 Å². The van der Waals surface area contributed by atoms with Gasteiger partial charge in [-0.25, -0.2) is 0 Å². The summed E-state index contributed by atoms with van der Waals surface area (Å²) < 4.78 is 5.38. The van der Waals surface area contributed by atoms with E-state index in [0.29, 0.717) is 24.4 Å². The Morgan fingerprint density at radius 2 is 2.24 bits per heavy atom. The van der Waals surface area contributed by atoms with Gasteiger partial charge in [-0.05, 0) is 38.5 Å². The first-order valence-electron chi connectivity index (χ1n) is 5.85. The van der Waals surface area contributed by atoms with Crippen LogP contribution in [0.4, 0.5) is 5.69 Å². The van der Waals surface area contributed by atoms with E-state index >= 15 is 0 Å². The van der Waals surface area contributed by atoms with Gasteiger partial charge in [-0.15, -0.1) is 0 Å². The third-order valence-corrected chi connectivity index (χ3v) is 2.21. The minimum absolute atomic E-state index is 0.0955. The molecule has 0 saturated carbocycles. The molecule has 1 amide bonds. The van der Waals surface area contributed by atoms with Crippen LogP contribution in [-0.2, 0) is 4.74 Å². The minimum Gasteiger partial charge on any atom is -0.399 e. The fourth-order valence-electron chi connectivity index (χ4n) is 1.38. The van der Waals surface area contributed by atoms with E-state index < -0.39 is 0 Å². The summed E-state index contributed by atoms with van der Waals surface area (Å²) in [5.41, 5.74) is 6.80. The van der Waals surface area contributed by atoms with Crippen LogP contribution in [-0.4, -0.2) is 25.2 Å². The summed E-state index contributed by atoms with van der Waals surface area (Å²) in [7, 11) is 0. The third kappa shape index (κ3) is 5.36. The molecule has 0 radical (unpaired) electrons. The van der Waals surface area contributed by atoms with Crippen molar-refractivity contribution in [1.82, 2.24) is 5.32 Å². The minimum atomic E-state index is -0.0955. The van der Waals surface area contributed by atoms with Gasteiger partial charge in [0, 0.05) is 24.4 Å². The normalized spacial score (nSPS) is 10.5. The van der Waals surface area contributed by atoms with Gasteiger partial charge in [0.25, 0.3) is 5.91 Å². The van der Waals surface area contributed by atoms with E-state index in [9.17, 15) is 4.79 Å². The Morgan fingerprint density at radius 1 is 1.47 bits per heavy atom.